The van der Waals surface area contributed by atoms with Crippen molar-refractivity contribution in [3.05, 3.63) is 17.0 Å². The van der Waals surface area contributed by atoms with E-state index in [2.05, 4.69) is 0 Å². The summed E-state index contributed by atoms with van der Waals surface area (Å²) < 4.78 is 26.6. The number of rotatable bonds is 4. The Morgan fingerprint density at radius 2 is 2.26 bits per heavy atom. The summed E-state index contributed by atoms with van der Waals surface area (Å²) in [5, 5.41) is 9.00. The number of carboxylic acids is 1. The molecule has 1 aromatic rings. The molecule has 1 fully saturated rings. The van der Waals surface area contributed by atoms with Gasteiger partial charge >= 0.3 is 5.97 Å². The van der Waals surface area contributed by atoms with Crippen molar-refractivity contribution in [2.45, 2.75) is 22.8 Å². The molecule has 1 saturated heterocycles. The molecule has 1 unspecified atom stereocenters. The molecule has 0 saturated carbocycles. The lowest BCUT2D eigenvalue weighted by Gasteiger charge is -2.29. The van der Waals surface area contributed by atoms with E-state index in [0.717, 1.165) is 17.1 Å². The lowest BCUT2D eigenvalue weighted by Crippen LogP contribution is -2.40. The summed E-state index contributed by atoms with van der Waals surface area (Å²) in [6.45, 7) is 3.04. The number of hydrogen-bond donors (Lipinski definition) is 1. The van der Waals surface area contributed by atoms with Crippen molar-refractivity contribution in [3.8, 4) is 0 Å². The van der Waals surface area contributed by atoms with Crippen LogP contribution in [0.2, 0.25) is 0 Å². The van der Waals surface area contributed by atoms with Crippen LogP contribution in [-0.2, 0) is 21.2 Å². The molecule has 0 spiro atoms. The fourth-order valence-electron chi connectivity index (χ4n) is 1.87. The molecule has 0 aliphatic carbocycles. The van der Waals surface area contributed by atoms with Crippen molar-refractivity contribution in [3.63, 3.8) is 0 Å². The Morgan fingerprint density at radius 3 is 2.89 bits per heavy atom. The highest BCUT2D eigenvalue weighted by Gasteiger charge is 2.30. The van der Waals surface area contributed by atoms with Gasteiger partial charge in [-0.2, -0.15) is 16.1 Å². The average molecular weight is 321 g/mol. The first kappa shape index (κ1) is 14.8. The molecule has 2 heterocycles. The van der Waals surface area contributed by atoms with Gasteiger partial charge in [-0.1, -0.05) is 6.92 Å². The highest BCUT2D eigenvalue weighted by Crippen LogP contribution is 2.28. The van der Waals surface area contributed by atoms with E-state index < -0.39 is 16.0 Å². The zero-order chi connectivity index (χ0) is 14.0. The summed E-state index contributed by atoms with van der Waals surface area (Å²) in [5.41, 5.74) is 0. The largest absolute Gasteiger partial charge is 0.481 e. The zero-order valence-electron chi connectivity index (χ0n) is 10.4. The fourth-order valence-corrected chi connectivity index (χ4v) is 6.13. The minimum absolute atomic E-state index is 0.132. The van der Waals surface area contributed by atoms with Crippen LogP contribution in [0, 0.1) is 0 Å². The van der Waals surface area contributed by atoms with Gasteiger partial charge in [0, 0.05) is 29.0 Å². The lowest BCUT2D eigenvalue weighted by molar-refractivity contribution is -0.136. The maximum Gasteiger partial charge on any atom is 0.308 e. The Morgan fingerprint density at radius 1 is 1.53 bits per heavy atom. The molecule has 19 heavy (non-hydrogen) atoms. The summed E-state index contributed by atoms with van der Waals surface area (Å²) >= 11 is 2.81. The van der Waals surface area contributed by atoms with E-state index in [9.17, 15) is 13.2 Å². The molecule has 0 radical (unpaired) electrons. The second-order valence-corrected chi connectivity index (χ2v) is 9.22. The Hall–Kier alpha value is -0.570. The van der Waals surface area contributed by atoms with Crippen LogP contribution in [0.5, 0.6) is 0 Å². The van der Waals surface area contributed by atoms with Gasteiger partial charge in [-0.05, 0) is 12.1 Å². The van der Waals surface area contributed by atoms with Crippen LogP contribution in [0.4, 0.5) is 0 Å². The number of thiophene rings is 1. The van der Waals surface area contributed by atoms with Crippen molar-refractivity contribution >= 4 is 39.1 Å². The van der Waals surface area contributed by atoms with E-state index in [1.165, 1.54) is 10.4 Å². The van der Waals surface area contributed by atoms with Crippen molar-refractivity contribution in [2.75, 3.05) is 18.8 Å². The quantitative estimate of drug-likeness (QED) is 0.909. The minimum Gasteiger partial charge on any atom is -0.481 e. The first-order chi connectivity index (χ1) is 8.89. The zero-order valence-corrected chi connectivity index (χ0v) is 12.9. The molecule has 2 rings (SSSR count). The monoisotopic (exact) mass is 321 g/mol. The molecular formula is C11H15NO4S3. The third kappa shape index (κ3) is 3.50. The molecule has 106 valence electrons. The van der Waals surface area contributed by atoms with Crippen molar-refractivity contribution in [1.29, 1.82) is 0 Å². The average Bonchev–Trinajstić information content (AvgIpc) is 2.77. The Balaban J connectivity index is 2.19. The van der Waals surface area contributed by atoms with Gasteiger partial charge in [-0.15, -0.1) is 11.3 Å². The van der Waals surface area contributed by atoms with E-state index in [-0.39, 0.29) is 10.6 Å². The van der Waals surface area contributed by atoms with Crippen LogP contribution in [-0.4, -0.2) is 47.9 Å². The highest BCUT2D eigenvalue weighted by molar-refractivity contribution is 8.00. The van der Waals surface area contributed by atoms with E-state index in [4.69, 9.17) is 5.11 Å². The Bertz CT molecular complexity index is 566. The van der Waals surface area contributed by atoms with Gasteiger partial charge < -0.3 is 5.11 Å². The molecule has 0 aromatic carbocycles. The van der Waals surface area contributed by atoms with Crippen LogP contribution in [0.25, 0.3) is 0 Å². The van der Waals surface area contributed by atoms with Gasteiger partial charge in [0.15, 0.2) is 0 Å². The van der Waals surface area contributed by atoms with Crippen molar-refractivity contribution < 1.29 is 18.3 Å². The topological polar surface area (TPSA) is 74.7 Å². The summed E-state index contributed by atoms with van der Waals surface area (Å²) in [6.07, 6.45) is -0.132. The van der Waals surface area contributed by atoms with Crippen LogP contribution < -0.4 is 0 Å². The van der Waals surface area contributed by atoms with Gasteiger partial charge in [0.1, 0.15) is 4.21 Å². The molecule has 8 heteroatoms. The van der Waals surface area contributed by atoms with E-state index in [0.29, 0.717) is 23.2 Å². The second kappa shape index (κ2) is 5.82. The molecule has 5 nitrogen and oxygen atoms in total. The summed E-state index contributed by atoms with van der Waals surface area (Å²) in [6, 6.07) is 3.08. The van der Waals surface area contributed by atoms with Gasteiger partial charge in [-0.3, -0.25) is 4.79 Å². The summed E-state index contributed by atoms with van der Waals surface area (Å²) in [5.74, 6) is -0.151. The highest BCUT2D eigenvalue weighted by atomic mass is 32.2. The smallest absolute Gasteiger partial charge is 0.308 e. The van der Waals surface area contributed by atoms with E-state index in [1.807, 2.05) is 6.92 Å². The van der Waals surface area contributed by atoms with Crippen LogP contribution >= 0.6 is 23.1 Å². The van der Waals surface area contributed by atoms with Crippen molar-refractivity contribution in [1.82, 2.24) is 4.31 Å². The van der Waals surface area contributed by atoms with E-state index >= 15 is 0 Å². The number of sulfonamides is 1. The van der Waals surface area contributed by atoms with Crippen LogP contribution in [0.3, 0.4) is 0 Å². The molecule has 0 amide bonds. The third-order valence-electron chi connectivity index (χ3n) is 2.76. The van der Waals surface area contributed by atoms with Gasteiger partial charge in [0.05, 0.1) is 6.42 Å². The SMILES string of the molecule is CC1CN(S(=O)(=O)c2ccc(CC(=O)O)s2)CCS1. The molecule has 1 aromatic heterocycles. The fraction of sp³-hybridized carbons (Fsp3) is 0.545. The maximum absolute atomic E-state index is 12.4. The first-order valence-electron chi connectivity index (χ1n) is 5.82. The second-order valence-electron chi connectivity index (χ2n) is 4.34. The molecular weight excluding hydrogens is 306 g/mol. The van der Waals surface area contributed by atoms with Crippen LogP contribution in [0.1, 0.15) is 11.8 Å². The third-order valence-corrected chi connectivity index (χ3v) is 7.31. The van der Waals surface area contributed by atoms with Gasteiger partial charge in [-0.25, -0.2) is 8.42 Å². The minimum atomic E-state index is -3.46. The number of hydrogen-bond acceptors (Lipinski definition) is 5. The Kier molecular flexibility index (Phi) is 4.54. The van der Waals surface area contributed by atoms with E-state index in [1.54, 1.807) is 17.8 Å². The first-order valence-corrected chi connectivity index (χ1v) is 9.12. The molecule has 1 atom stereocenters. The summed E-state index contributed by atoms with van der Waals surface area (Å²) in [4.78, 5) is 11.2. The predicted octanol–water partition coefficient (Wildman–Crippen LogP) is 1.50. The molecule has 1 aliphatic rings. The number of thioether (sulfide) groups is 1. The number of carbonyl (C=O) groups is 1. The van der Waals surface area contributed by atoms with Gasteiger partial charge in [0.2, 0.25) is 0 Å². The molecule has 1 aliphatic heterocycles. The molecule has 0 bridgehead atoms. The number of carboxylic acid groups (broad SMARTS) is 1. The lowest BCUT2D eigenvalue weighted by atomic mass is 10.3. The van der Waals surface area contributed by atoms with Gasteiger partial charge in [0.25, 0.3) is 10.0 Å². The van der Waals surface area contributed by atoms with Crippen LogP contribution in [0.15, 0.2) is 16.3 Å². The molecule has 1 N–H and O–H groups in total. The predicted molar refractivity (Wildman–Crippen MR) is 76.3 cm³/mol. The standard InChI is InChI=1S/C11H15NO4S3/c1-8-7-12(4-5-17-8)19(15,16)11-3-2-9(18-11)6-10(13)14/h2-3,8H,4-7H2,1H3,(H,13,14). The normalized spacial score (nSPS) is 21.4. The maximum atomic E-state index is 12.4. The summed E-state index contributed by atoms with van der Waals surface area (Å²) in [7, 11) is -3.46. The number of aliphatic carboxylic acids is 1. The Labute approximate surface area is 120 Å². The van der Waals surface area contributed by atoms with Crippen molar-refractivity contribution in [2.24, 2.45) is 0 Å². The number of nitrogens with zero attached hydrogens (tertiary/aromatic N) is 1.